The molecule has 0 heterocycles. The van der Waals surface area contributed by atoms with Crippen molar-refractivity contribution < 1.29 is 14.3 Å². The highest BCUT2D eigenvalue weighted by Gasteiger charge is 2.09. The number of anilines is 1. The van der Waals surface area contributed by atoms with E-state index in [2.05, 4.69) is 16.0 Å². The van der Waals surface area contributed by atoms with Crippen LogP contribution in [0, 0.1) is 0 Å². The predicted molar refractivity (Wildman–Crippen MR) is 97.4 cm³/mol. The minimum absolute atomic E-state index is 0.105. The second-order valence-electron chi connectivity index (χ2n) is 5.36. The third-order valence-electron chi connectivity index (χ3n) is 3.42. The maximum atomic E-state index is 12.0. The van der Waals surface area contributed by atoms with Crippen molar-refractivity contribution in [3.05, 3.63) is 60.2 Å². The van der Waals surface area contributed by atoms with Crippen LogP contribution in [0.5, 0.6) is 5.75 Å². The quantitative estimate of drug-likeness (QED) is 0.651. The van der Waals surface area contributed by atoms with E-state index in [-0.39, 0.29) is 25.0 Å². The van der Waals surface area contributed by atoms with Crippen LogP contribution in [0.1, 0.15) is 12.5 Å². The van der Waals surface area contributed by atoms with Crippen molar-refractivity contribution in [2.75, 3.05) is 25.0 Å². The van der Waals surface area contributed by atoms with Crippen LogP contribution in [-0.4, -0.2) is 31.5 Å². The summed E-state index contributed by atoms with van der Waals surface area (Å²) >= 11 is 0. The van der Waals surface area contributed by atoms with Gasteiger partial charge in [-0.05, 0) is 30.3 Å². The SMILES string of the molecule is CCNCc1ccccc1NC(=O)CNC(=O)COc1ccccc1. The molecular weight excluding hydrogens is 318 g/mol. The smallest absolute Gasteiger partial charge is 0.258 e. The first-order chi connectivity index (χ1) is 12.2. The monoisotopic (exact) mass is 341 g/mol. The Labute approximate surface area is 147 Å². The Bertz CT molecular complexity index is 689. The summed E-state index contributed by atoms with van der Waals surface area (Å²) in [5.74, 6) is -0.0172. The molecule has 0 saturated heterocycles. The minimum Gasteiger partial charge on any atom is -0.484 e. The topological polar surface area (TPSA) is 79.5 Å². The average molecular weight is 341 g/mol. The lowest BCUT2D eigenvalue weighted by atomic mass is 10.1. The van der Waals surface area contributed by atoms with Gasteiger partial charge in [0, 0.05) is 12.2 Å². The molecule has 25 heavy (non-hydrogen) atoms. The molecule has 0 bridgehead atoms. The van der Waals surface area contributed by atoms with Gasteiger partial charge in [-0.3, -0.25) is 9.59 Å². The Kier molecular flexibility index (Phi) is 7.46. The Hall–Kier alpha value is -2.86. The van der Waals surface area contributed by atoms with Gasteiger partial charge in [0.2, 0.25) is 5.91 Å². The van der Waals surface area contributed by atoms with Crippen molar-refractivity contribution in [1.29, 1.82) is 0 Å². The molecule has 0 unspecified atom stereocenters. The normalized spacial score (nSPS) is 10.1. The van der Waals surface area contributed by atoms with E-state index in [0.717, 1.165) is 17.8 Å². The van der Waals surface area contributed by atoms with E-state index >= 15 is 0 Å². The molecule has 0 atom stereocenters. The minimum atomic E-state index is -0.347. The van der Waals surface area contributed by atoms with Crippen LogP contribution < -0.4 is 20.7 Å². The van der Waals surface area contributed by atoms with Gasteiger partial charge in [-0.1, -0.05) is 43.3 Å². The van der Waals surface area contributed by atoms with Gasteiger partial charge < -0.3 is 20.7 Å². The Morgan fingerprint density at radius 3 is 2.44 bits per heavy atom. The van der Waals surface area contributed by atoms with Crippen molar-refractivity contribution in [2.45, 2.75) is 13.5 Å². The van der Waals surface area contributed by atoms with Crippen LogP contribution in [0.25, 0.3) is 0 Å². The highest BCUT2D eigenvalue weighted by molar-refractivity contribution is 5.95. The first-order valence-corrected chi connectivity index (χ1v) is 8.22. The molecule has 0 radical (unpaired) electrons. The van der Waals surface area contributed by atoms with Crippen LogP contribution in [0.4, 0.5) is 5.69 Å². The third kappa shape index (κ3) is 6.64. The number of rotatable bonds is 9. The van der Waals surface area contributed by atoms with Crippen LogP contribution in [-0.2, 0) is 16.1 Å². The number of para-hydroxylation sites is 2. The molecule has 0 aliphatic heterocycles. The zero-order chi connectivity index (χ0) is 17.9. The number of amides is 2. The van der Waals surface area contributed by atoms with E-state index in [4.69, 9.17) is 4.74 Å². The van der Waals surface area contributed by atoms with Crippen molar-refractivity contribution in [3.8, 4) is 5.75 Å². The molecule has 132 valence electrons. The van der Waals surface area contributed by atoms with Gasteiger partial charge in [-0.15, -0.1) is 0 Å². The van der Waals surface area contributed by atoms with E-state index in [1.54, 1.807) is 12.1 Å². The molecule has 6 heteroatoms. The number of hydrogen-bond acceptors (Lipinski definition) is 4. The number of hydrogen-bond donors (Lipinski definition) is 3. The Morgan fingerprint density at radius 2 is 1.68 bits per heavy atom. The summed E-state index contributed by atoms with van der Waals surface area (Å²) in [6.07, 6.45) is 0. The number of ether oxygens (including phenoxy) is 1. The van der Waals surface area contributed by atoms with Crippen LogP contribution in [0.2, 0.25) is 0 Å². The fourth-order valence-electron chi connectivity index (χ4n) is 2.15. The number of nitrogens with one attached hydrogen (secondary N) is 3. The van der Waals surface area contributed by atoms with Crippen molar-refractivity contribution in [1.82, 2.24) is 10.6 Å². The van der Waals surface area contributed by atoms with Crippen molar-refractivity contribution >= 4 is 17.5 Å². The Morgan fingerprint density at radius 1 is 0.960 bits per heavy atom. The summed E-state index contributed by atoms with van der Waals surface area (Å²) in [4.78, 5) is 23.8. The summed E-state index contributed by atoms with van der Waals surface area (Å²) in [6, 6.07) is 16.6. The van der Waals surface area contributed by atoms with Gasteiger partial charge in [-0.2, -0.15) is 0 Å². The molecule has 0 aliphatic rings. The van der Waals surface area contributed by atoms with Crippen LogP contribution in [0.3, 0.4) is 0 Å². The van der Waals surface area contributed by atoms with Gasteiger partial charge in [-0.25, -0.2) is 0 Å². The second kappa shape index (κ2) is 10.1. The lowest BCUT2D eigenvalue weighted by molar-refractivity contribution is -0.125. The molecule has 0 saturated carbocycles. The number of carbonyl (C=O) groups is 2. The zero-order valence-electron chi connectivity index (χ0n) is 14.2. The molecule has 0 fully saturated rings. The predicted octanol–water partition coefficient (Wildman–Crippen LogP) is 1.93. The van der Waals surface area contributed by atoms with Crippen LogP contribution in [0.15, 0.2) is 54.6 Å². The highest BCUT2D eigenvalue weighted by atomic mass is 16.5. The molecule has 2 aromatic rings. The maximum absolute atomic E-state index is 12.0. The average Bonchev–Trinajstić information content (AvgIpc) is 2.65. The van der Waals surface area contributed by atoms with Crippen molar-refractivity contribution in [3.63, 3.8) is 0 Å². The first kappa shape index (κ1) is 18.5. The lowest BCUT2D eigenvalue weighted by Crippen LogP contribution is -2.36. The fraction of sp³-hybridized carbons (Fsp3) is 0.263. The molecule has 6 nitrogen and oxygen atoms in total. The fourth-order valence-corrected chi connectivity index (χ4v) is 2.15. The molecule has 3 N–H and O–H groups in total. The number of carbonyl (C=O) groups excluding carboxylic acids is 2. The van der Waals surface area contributed by atoms with Gasteiger partial charge in [0.15, 0.2) is 6.61 Å². The molecule has 2 amide bonds. The van der Waals surface area contributed by atoms with E-state index in [1.165, 1.54) is 0 Å². The Balaban J connectivity index is 1.76. The molecule has 2 rings (SSSR count). The largest absolute Gasteiger partial charge is 0.484 e. The van der Waals surface area contributed by atoms with Gasteiger partial charge >= 0.3 is 0 Å². The number of benzene rings is 2. The lowest BCUT2D eigenvalue weighted by Gasteiger charge is -2.12. The van der Waals surface area contributed by atoms with Gasteiger partial charge in [0.05, 0.1) is 6.54 Å². The van der Waals surface area contributed by atoms with E-state index in [1.807, 2.05) is 49.4 Å². The molecule has 0 spiro atoms. The van der Waals surface area contributed by atoms with E-state index in [9.17, 15) is 9.59 Å². The molecule has 2 aromatic carbocycles. The summed E-state index contributed by atoms with van der Waals surface area (Å²) < 4.78 is 5.33. The summed E-state index contributed by atoms with van der Waals surface area (Å²) in [7, 11) is 0. The van der Waals surface area contributed by atoms with E-state index in [0.29, 0.717) is 12.3 Å². The summed E-state index contributed by atoms with van der Waals surface area (Å²) in [5.41, 5.74) is 1.74. The molecule has 0 aromatic heterocycles. The van der Waals surface area contributed by atoms with E-state index < -0.39 is 0 Å². The molecule has 0 aliphatic carbocycles. The maximum Gasteiger partial charge on any atom is 0.258 e. The van der Waals surface area contributed by atoms with Gasteiger partial charge in [0.1, 0.15) is 5.75 Å². The zero-order valence-corrected chi connectivity index (χ0v) is 14.2. The standard InChI is InChI=1S/C19H23N3O3/c1-2-20-12-15-8-6-7-11-17(15)22-18(23)13-21-19(24)14-25-16-9-4-3-5-10-16/h3-11,20H,2,12-14H2,1H3,(H,21,24)(H,22,23). The van der Waals surface area contributed by atoms with Crippen molar-refractivity contribution in [2.24, 2.45) is 0 Å². The third-order valence-corrected chi connectivity index (χ3v) is 3.42. The first-order valence-electron chi connectivity index (χ1n) is 8.22. The summed E-state index contributed by atoms with van der Waals surface area (Å²) in [6.45, 7) is 3.30. The second-order valence-corrected chi connectivity index (χ2v) is 5.36. The van der Waals surface area contributed by atoms with Gasteiger partial charge in [0.25, 0.3) is 5.91 Å². The summed E-state index contributed by atoms with van der Waals surface area (Å²) in [5, 5.41) is 8.58. The molecular formula is C19H23N3O3. The highest BCUT2D eigenvalue weighted by Crippen LogP contribution is 2.14. The van der Waals surface area contributed by atoms with Crippen LogP contribution >= 0.6 is 0 Å².